The van der Waals surface area contributed by atoms with E-state index >= 15 is 0 Å². The molecule has 0 radical (unpaired) electrons. The van der Waals surface area contributed by atoms with Crippen molar-refractivity contribution in [3.05, 3.63) is 36.5 Å². The zero-order valence-electron chi connectivity index (χ0n) is 28.8. The van der Waals surface area contributed by atoms with Crippen LogP contribution in [0.3, 0.4) is 0 Å². The van der Waals surface area contributed by atoms with Crippen LogP contribution in [0.25, 0.3) is 0 Å². The van der Waals surface area contributed by atoms with E-state index in [1.54, 1.807) is 6.92 Å². The third-order valence-electron chi connectivity index (χ3n) is 14.1. The van der Waals surface area contributed by atoms with Crippen molar-refractivity contribution in [1.82, 2.24) is 0 Å². The van der Waals surface area contributed by atoms with Crippen LogP contribution in [-0.4, -0.2) is 50.3 Å². The Labute approximate surface area is 285 Å². The van der Waals surface area contributed by atoms with E-state index in [9.17, 15) is 19.2 Å². The molecule has 0 aliphatic heterocycles. The first kappa shape index (κ1) is 33.6. The van der Waals surface area contributed by atoms with Gasteiger partial charge in [0.25, 0.3) is 0 Å². The highest BCUT2D eigenvalue weighted by Crippen LogP contribution is 2.63. The Hall–Kier alpha value is -2.90. The maximum atomic E-state index is 13.5. The summed E-state index contributed by atoms with van der Waals surface area (Å²) in [5.41, 5.74) is 1.57. The van der Waals surface area contributed by atoms with Gasteiger partial charge in [0, 0.05) is 11.6 Å². The molecule has 6 saturated carbocycles. The molecule has 0 saturated heterocycles. The molecule has 262 valence electrons. The molecule has 0 aromatic rings. The summed E-state index contributed by atoms with van der Waals surface area (Å²) in [6.45, 7) is 12.7. The smallest absolute Gasteiger partial charge is 0.333 e. The summed E-state index contributed by atoms with van der Waals surface area (Å²) in [6.07, 6.45) is 13.4. The number of fused-ring (bicyclic) bond motifs is 10. The fourth-order valence-electron chi connectivity index (χ4n) is 12.0. The van der Waals surface area contributed by atoms with Gasteiger partial charge in [-0.3, -0.25) is 9.59 Å². The minimum absolute atomic E-state index is 0.258. The first-order chi connectivity index (χ1) is 23.1. The predicted octanol–water partition coefficient (Wildman–Crippen LogP) is 6.49. The Morgan fingerprint density at radius 3 is 1.79 bits per heavy atom. The van der Waals surface area contributed by atoms with Crippen LogP contribution >= 0.6 is 0 Å². The normalized spacial score (nSPS) is 41.7. The highest BCUT2D eigenvalue weighted by molar-refractivity contribution is 5.87. The average Bonchev–Trinajstić information content (AvgIpc) is 3.91. The van der Waals surface area contributed by atoms with Crippen molar-refractivity contribution in [2.24, 2.45) is 82.9 Å². The van der Waals surface area contributed by atoms with Gasteiger partial charge in [-0.25, -0.2) is 9.59 Å². The average molecular weight is 663 g/mol. The van der Waals surface area contributed by atoms with Gasteiger partial charge < -0.3 is 18.9 Å². The van der Waals surface area contributed by atoms with E-state index in [1.165, 1.54) is 18.9 Å². The Morgan fingerprint density at radius 2 is 1.21 bits per heavy atom. The van der Waals surface area contributed by atoms with Crippen molar-refractivity contribution in [3.63, 3.8) is 0 Å². The van der Waals surface area contributed by atoms with Gasteiger partial charge in [-0.1, -0.05) is 24.8 Å². The third-order valence-corrected chi connectivity index (χ3v) is 14.1. The number of allylic oxidation sites excluding steroid dienone is 2. The Bertz CT molecular complexity index is 1350. The van der Waals surface area contributed by atoms with Crippen LogP contribution in [-0.2, 0) is 38.1 Å². The fraction of sp³-hybridized carbons (Fsp3) is 0.750. The number of rotatable bonds is 12. The molecule has 4 bridgehead atoms. The first-order valence-electron chi connectivity index (χ1n) is 18.7. The highest BCUT2D eigenvalue weighted by Gasteiger charge is 2.57. The molecule has 0 N–H and O–H groups in total. The molecule has 6 fully saturated rings. The van der Waals surface area contributed by atoms with Crippen LogP contribution < -0.4 is 0 Å². The van der Waals surface area contributed by atoms with Gasteiger partial charge >= 0.3 is 23.9 Å². The van der Waals surface area contributed by atoms with Crippen molar-refractivity contribution in [2.75, 3.05) is 26.4 Å². The number of hydrogen-bond acceptors (Lipinski definition) is 8. The second-order valence-corrected chi connectivity index (χ2v) is 16.8. The van der Waals surface area contributed by atoms with Gasteiger partial charge in [-0.05, 0) is 149 Å². The van der Waals surface area contributed by atoms with Crippen LogP contribution in [0.15, 0.2) is 36.5 Å². The number of hydrogen-bond donors (Lipinski definition) is 0. The fourth-order valence-corrected chi connectivity index (χ4v) is 12.0. The van der Waals surface area contributed by atoms with Crippen molar-refractivity contribution in [2.45, 2.75) is 78.1 Å². The third kappa shape index (κ3) is 6.54. The Balaban J connectivity index is 0.875. The molecule has 8 nitrogen and oxygen atoms in total. The summed E-state index contributed by atoms with van der Waals surface area (Å²) in [6, 6.07) is 0. The zero-order valence-corrected chi connectivity index (χ0v) is 28.8. The van der Waals surface area contributed by atoms with E-state index in [2.05, 4.69) is 19.2 Å². The van der Waals surface area contributed by atoms with Crippen molar-refractivity contribution < 1.29 is 38.1 Å². The molecule has 0 heterocycles. The minimum Gasteiger partial charge on any atom is -0.465 e. The Kier molecular flexibility index (Phi) is 9.64. The van der Waals surface area contributed by atoms with E-state index in [0.29, 0.717) is 116 Å². The summed E-state index contributed by atoms with van der Waals surface area (Å²) >= 11 is 0. The van der Waals surface area contributed by atoms with E-state index in [-0.39, 0.29) is 23.9 Å². The lowest BCUT2D eigenvalue weighted by molar-refractivity contribution is -0.163. The standard InChI is InChI=1S/C40H54O8/c1-5-37(41)45-17-23-9-30-26-14-28(33(16-26)34(30)11-23)20-48-39(43)29-7-6-22(4)8-36(29)40(44)46-18-24-10-31-25-13-27(19-47-38(42)21(2)3)32(15-25)35(31)12-24/h5-6,23-36H,1-2,7-20H2,3-4H3. The molecule has 48 heavy (non-hydrogen) atoms. The highest BCUT2D eigenvalue weighted by atomic mass is 16.5. The molecule has 14 atom stereocenters. The lowest BCUT2D eigenvalue weighted by Gasteiger charge is -2.32. The molecule has 8 heteroatoms. The monoisotopic (exact) mass is 662 g/mol. The van der Waals surface area contributed by atoms with Crippen LogP contribution in [0.4, 0.5) is 0 Å². The first-order valence-corrected chi connectivity index (χ1v) is 18.7. The largest absolute Gasteiger partial charge is 0.465 e. The topological polar surface area (TPSA) is 105 Å². The van der Waals surface area contributed by atoms with Gasteiger partial charge in [-0.2, -0.15) is 0 Å². The molecule has 7 aliphatic rings. The van der Waals surface area contributed by atoms with Gasteiger partial charge in [-0.15, -0.1) is 0 Å². The number of ether oxygens (including phenoxy) is 4. The van der Waals surface area contributed by atoms with Crippen molar-refractivity contribution in [3.8, 4) is 0 Å². The van der Waals surface area contributed by atoms with Crippen LogP contribution in [0.5, 0.6) is 0 Å². The minimum atomic E-state index is -0.496. The lowest BCUT2D eigenvalue weighted by atomic mass is 9.76. The number of carbonyl (C=O) groups is 4. The summed E-state index contributed by atoms with van der Waals surface area (Å²) in [7, 11) is 0. The summed E-state index contributed by atoms with van der Waals surface area (Å²) in [4.78, 5) is 50.6. The quantitative estimate of drug-likeness (QED) is 0.101. The van der Waals surface area contributed by atoms with E-state index in [1.807, 2.05) is 6.92 Å². The molecule has 7 aliphatic carbocycles. The van der Waals surface area contributed by atoms with Crippen LogP contribution in [0.2, 0.25) is 0 Å². The molecule has 14 unspecified atom stereocenters. The van der Waals surface area contributed by atoms with E-state index in [4.69, 9.17) is 18.9 Å². The van der Waals surface area contributed by atoms with E-state index < -0.39 is 11.8 Å². The Morgan fingerprint density at radius 1 is 0.688 bits per heavy atom. The molecule has 7 rings (SSSR count). The molecule has 0 amide bonds. The summed E-state index contributed by atoms with van der Waals surface area (Å²) in [5.74, 6) is 4.51. The van der Waals surface area contributed by atoms with Crippen molar-refractivity contribution in [1.29, 1.82) is 0 Å². The molecule has 0 aromatic heterocycles. The second-order valence-electron chi connectivity index (χ2n) is 16.8. The van der Waals surface area contributed by atoms with Crippen LogP contribution in [0.1, 0.15) is 78.1 Å². The summed E-state index contributed by atoms with van der Waals surface area (Å²) in [5, 5.41) is 0. The molecular formula is C40H54O8. The SMILES string of the molecule is C=CC(=O)OCC1CC2C3CC(COC(=O)C4CC=C(C)CC4C(=O)OCC4CC5C6CC(COC(=O)C(=C)C)C(C6)C5C4)C(C3)C2C1. The van der Waals surface area contributed by atoms with Gasteiger partial charge in [0.15, 0.2) is 0 Å². The lowest BCUT2D eigenvalue weighted by Crippen LogP contribution is -2.36. The van der Waals surface area contributed by atoms with Crippen molar-refractivity contribution >= 4 is 23.9 Å². The van der Waals surface area contributed by atoms with Gasteiger partial charge in [0.2, 0.25) is 0 Å². The molecular weight excluding hydrogens is 608 g/mol. The summed E-state index contributed by atoms with van der Waals surface area (Å²) < 4.78 is 22.9. The number of carbonyl (C=O) groups excluding carboxylic acids is 4. The van der Waals surface area contributed by atoms with Crippen LogP contribution in [0, 0.1) is 82.9 Å². The van der Waals surface area contributed by atoms with Gasteiger partial charge in [0.1, 0.15) is 0 Å². The number of esters is 4. The molecule has 0 spiro atoms. The maximum absolute atomic E-state index is 13.5. The van der Waals surface area contributed by atoms with Gasteiger partial charge in [0.05, 0.1) is 38.3 Å². The maximum Gasteiger partial charge on any atom is 0.333 e. The molecule has 0 aromatic carbocycles. The zero-order chi connectivity index (χ0) is 33.7. The second kappa shape index (κ2) is 13.8. The van der Waals surface area contributed by atoms with E-state index in [0.717, 1.165) is 44.1 Å². The predicted molar refractivity (Wildman–Crippen MR) is 178 cm³/mol.